The molecule has 0 saturated carbocycles. The van der Waals surface area contributed by atoms with Crippen molar-refractivity contribution in [3.05, 3.63) is 81.5 Å². The van der Waals surface area contributed by atoms with Crippen LogP contribution in [0, 0.1) is 0 Å². The van der Waals surface area contributed by atoms with Gasteiger partial charge in [0.05, 0.1) is 33.1 Å². The standard InChI is InChI=1S/C28H30N2O5/c1-17(31)30-22-12-10-19-14-25(33-2)27(34-3)28(35-4)26(19)20-11-13-23(24(32)15-21(20)22)29-16-18-8-6-5-7-9-18/h5-9,11,13-15,22H,10,12,16H2,1-4H3,(H,29,32)(H,30,31)/t22-/m1/s1. The Balaban J connectivity index is 1.91. The molecule has 2 N–H and O–H groups in total. The Morgan fingerprint density at radius 2 is 1.71 bits per heavy atom. The van der Waals surface area contributed by atoms with Crippen molar-refractivity contribution in [1.82, 2.24) is 5.32 Å². The highest BCUT2D eigenvalue weighted by molar-refractivity contribution is 5.83. The number of ether oxygens (including phenoxy) is 3. The van der Waals surface area contributed by atoms with E-state index in [-0.39, 0.29) is 17.4 Å². The number of methoxy groups -OCH3 is 3. The average Bonchev–Trinajstić information content (AvgIpc) is 3.10. The van der Waals surface area contributed by atoms with Gasteiger partial charge in [0.2, 0.25) is 17.1 Å². The van der Waals surface area contributed by atoms with Gasteiger partial charge in [-0.15, -0.1) is 0 Å². The normalized spacial score (nSPS) is 14.1. The van der Waals surface area contributed by atoms with Crippen LogP contribution >= 0.6 is 0 Å². The number of anilines is 1. The Morgan fingerprint density at radius 1 is 0.971 bits per heavy atom. The average molecular weight is 475 g/mol. The molecule has 0 aliphatic heterocycles. The molecule has 0 heterocycles. The van der Waals surface area contributed by atoms with Crippen LogP contribution in [0.5, 0.6) is 17.2 Å². The third-order valence-corrected chi connectivity index (χ3v) is 6.24. The van der Waals surface area contributed by atoms with Crippen LogP contribution < -0.4 is 30.3 Å². The van der Waals surface area contributed by atoms with E-state index in [1.165, 1.54) is 6.92 Å². The largest absolute Gasteiger partial charge is 0.493 e. The summed E-state index contributed by atoms with van der Waals surface area (Å²) in [5, 5.41) is 6.29. The molecule has 182 valence electrons. The van der Waals surface area contributed by atoms with Crippen LogP contribution in [-0.2, 0) is 17.8 Å². The second-order valence-corrected chi connectivity index (χ2v) is 8.43. The molecule has 0 bridgehead atoms. The first kappa shape index (κ1) is 24.1. The van der Waals surface area contributed by atoms with Crippen LogP contribution in [0.4, 0.5) is 5.69 Å². The summed E-state index contributed by atoms with van der Waals surface area (Å²) < 4.78 is 17.0. The van der Waals surface area contributed by atoms with Crippen molar-refractivity contribution in [3.63, 3.8) is 0 Å². The maximum Gasteiger partial charge on any atom is 0.217 e. The molecule has 1 amide bonds. The minimum absolute atomic E-state index is 0.152. The van der Waals surface area contributed by atoms with Gasteiger partial charge >= 0.3 is 0 Å². The minimum Gasteiger partial charge on any atom is -0.493 e. The van der Waals surface area contributed by atoms with Gasteiger partial charge in [-0.25, -0.2) is 0 Å². The van der Waals surface area contributed by atoms with Crippen molar-refractivity contribution >= 4 is 11.6 Å². The highest BCUT2D eigenvalue weighted by atomic mass is 16.5. The molecule has 1 atom stereocenters. The summed E-state index contributed by atoms with van der Waals surface area (Å²) in [5.74, 6) is 1.42. The molecule has 0 aromatic heterocycles. The van der Waals surface area contributed by atoms with Gasteiger partial charge in [0.15, 0.2) is 11.5 Å². The molecule has 7 nitrogen and oxygen atoms in total. The van der Waals surface area contributed by atoms with E-state index in [1.54, 1.807) is 33.5 Å². The smallest absolute Gasteiger partial charge is 0.217 e. The molecule has 1 aliphatic rings. The topological polar surface area (TPSA) is 85.9 Å². The first-order valence-electron chi connectivity index (χ1n) is 11.5. The van der Waals surface area contributed by atoms with E-state index < -0.39 is 0 Å². The number of hydrogen-bond acceptors (Lipinski definition) is 6. The summed E-state index contributed by atoms with van der Waals surface area (Å²) in [7, 11) is 4.74. The zero-order chi connectivity index (χ0) is 24.9. The molecule has 7 heteroatoms. The van der Waals surface area contributed by atoms with E-state index in [0.29, 0.717) is 42.3 Å². The number of carbonyl (C=O) groups excluding carboxylic acids is 1. The third-order valence-electron chi connectivity index (χ3n) is 6.24. The molecule has 0 unspecified atom stereocenters. The van der Waals surface area contributed by atoms with Gasteiger partial charge in [0, 0.05) is 19.0 Å². The number of fused-ring (bicyclic) bond motifs is 3. The molecule has 3 aromatic rings. The fourth-order valence-corrected chi connectivity index (χ4v) is 4.65. The van der Waals surface area contributed by atoms with Crippen molar-refractivity contribution in [1.29, 1.82) is 0 Å². The number of aryl methyl sites for hydroxylation is 1. The fraction of sp³-hybridized carbons (Fsp3) is 0.286. The quantitative estimate of drug-likeness (QED) is 0.525. The maximum atomic E-state index is 13.3. The van der Waals surface area contributed by atoms with E-state index in [2.05, 4.69) is 10.6 Å². The van der Waals surface area contributed by atoms with Crippen LogP contribution in [0.1, 0.15) is 36.1 Å². The zero-order valence-corrected chi connectivity index (χ0v) is 20.4. The lowest BCUT2D eigenvalue weighted by atomic mass is 9.95. The Kier molecular flexibility index (Phi) is 7.25. The van der Waals surface area contributed by atoms with Gasteiger partial charge in [-0.2, -0.15) is 0 Å². The van der Waals surface area contributed by atoms with Gasteiger partial charge < -0.3 is 24.8 Å². The lowest BCUT2D eigenvalue weighted by Crippen LogP contribution is -2.26. The lowest BCUT2D eigenvalue weighted by Gasteiger charge is -2.19. The van der Waals surface area contributed by atoms with Gasteiger partial charge in [-0.05, 0) is 53.3 Å². The second kappa shape index (κ2) is 10.5. The number of carbonyl (C=O) groups is 1. The first-order valence-corrected chi connectivity index (χ1v) is 11.5. The highest BCUT2D eigenvalue weighted by Gasteiger charge is 2.29. The Morgan fingerprint density at radius 3 is 2.37 bits per heavy atom. The molecule has 0 fully saturated rings. The first-order chi connectivity index (χ1) is 17.0. The van der Waals surface area contributed by atoms with E-state index in [1.807, 2.05) is 42.5 Å². The molecule has 0 saturated heterocycles. The monoisotopic (exact) mass is 474 g/mol. The molecule has 3 aromatic carbocycles. The highest BCUT2D eigenvalue weighted by Crippen LogP contribution is 2.50. The van der Waals surface area contributed by atoms with Gasteiger partial charge in [0.1, 0.15) is 0 Å². The van der Waals surface area contributed by atoms with Crippen LogP contribution in [0.2, 0.25) is 0 Å². The Labute approximate surface area is 205 Å². The summed E-state index contributed by atoms with van der Waals surface area (Å²) >= 11 is 0. The van der Waals surface area contributed by atoms with Crippen molar-refractivity contribution in [2.45, 2.75) is 32.4 Å². The van der Waals surface area contributed by atoms with E-state index in [9.17, 15) is 9.59 Å². The summed E-state index contributed by atoms with van der Waals surface area (Å²) in [4.78, 5) is 25.3. The fourth-order valence-electron chi connectivity index (χ4n) is 4.65. The van der Waals surface area contributed by atoms with E-state index >= 15 is 0 Å². The van der Waals surface area contributed by atoms with E-state index in [4.69, 9.17) is 14.2 Å². The maximum absolute atomic E-state index is 13.3. The molecule has 0 spiro atoms. The zero-order valence-electron chi connectivity index (χ0n) is 20.4. The van der Waals surface area contributed by atoms with Crippen LogP contribution in [-0.4, -0.2) is 27.2 Å². The van der Waals surface area contributed by atoms with Crippen molar-refractivity contribution < 1.29 is 19.0 Å². The van der Waals surface area contributed by atoms with Crippen LogP contribution in [0.25, 0.3) is 11.1 Å². The molecule has 4 rings (SSSR count). The number of nitrogens with one attached hydrogen (secondary N) is 2. The molecular weight excluding hydrogens is 444 g/mol. The SMILES string of the molecule is COc1cc2c(c(OC)c1OC)-c1ccc(NCc3ccccc3)c(=O)cc1[C@H](NC(C)=O)CC2. The number of hydrogen-bond donors (Lipinski definition) is 2. The Hall–Kier alpha value is -4.00. The number of amides is 1. The lowest BCUT2D eigenvalue weighted by molar-refractivity contribution is -0.119. The Bertz CT molecular complexity index is 1290. The second-order valence-electron chi connectivity index (χ2n) is 8.43. The summed E-state index contributed by atoms with van der Waals surface area (Å²) in [5.41, 5.74) is 4.76. The number of benzene rings is 2. The molecule has 35 heavy (non-hydrogen) atoms. The molecular formula is C28H30N2O5. The molecule has 1 aliphatic carbocycles. The predicted octanol–water partition coefficient (Wildman–Crippen LogP) is 4.48. The van der Waals surface area contributed by atoms with Gasteiger partial charge in [-0.1, -0.05) is 36.4 Å². The van der Waals surface area contributed by atoms with Crippen LogP contribution in [0.15, 0.2) is 59.4 Å². The summed E-state index contributed by atoms with van der Waals surface area (Å²) in [6.45, 7) is 2.00. The van der Waals surface area contributed by atoms with Crippen molar-refractivity contribution in [2.24, 2.45) is 0 Å². The number of rotatable bonds is 7. The van der Waals surface area contributed by atoms with Gasteiger partial charge in [-0.3, -0.25) is 9.59 Å². The van der Waals surface area contributed by atoms with E-state index in [0.717, 1.165) is 27.8 Å². The van der Waals surface area contributed by atoms with Crippen LogP contribution in [0.3, 0.4) is 0 Å². The summed E-state index contributed by atoms with van der Waals surface area (Å²) in [6, 6.07) is 16.8. The third kappa shape index (κ3) is 4.94. The summed E-state index contributed by atoms with van der Waals surface area (Å²) in [6.07, 6.45) is 1.27. The van der Waals surface area contributed by atoms with Gasteiger partial charge in [0.25, 0.3) is 0 Å². The molecule has 0 radical (unpaired) electrons. The minimum atomic E-state index is -0.335. The van der Waals surface area contributed by atoms with Crippen molar-refractivity contribution in [3.8, 4) is 28.4 Å². The predicted molar refractivity (Wildman–Crippen MR) is 136 cm³/mol. The van der Waals surface area contributed by atoms with Crippen molar-refractivity contribution in [2.75, 3.05) is 26.6 Å².